The van der Waals surface area contributed by atoms with Crippen LogP contribution in [0.25, 0.3) is 11.4 Å². The number of carbonyl (C=O) groups is 1. The summed E-state index contributed by atoms with van der Waals surface area (Å²) in [4.78, 5) is 12.3. The van der Waals surface area contributed by atoms with Crippen molar-refractivity contribution in [2.24, 2.45) is 5.14 Å². The van der Waals surface area contributed by atoms with Gasteiger partial charge in [-0.25, -0.2) is 17.9 Å². The third kappa shape index (κ3) is 5.34. The minimum atomic E-state index is -3.72. The highest BCUT2D eigenvalue weighted by atomic mass is 32.2. The summed E-state index contributed by atoms with van der Waals surface area (Å²) in [6.07, 6.45) is 2.50. The zero-order chi connectivity index (χ0) is 22.7. The first-order chi connectivity index (χ1) is 15.3. The van der Waals surface area contributed by atoms with Gasteiger partial charge in [-0.15, -0.1) is 10.2 Å². The molecule has 0 radical (unpaired) electrons. The molecule has 3 N–H and O–H groups in total. The number of halogens is 1. The van der Waals surface area contributed by atoms with Crippen LogP contribution in [0.3, 0.4) is 0 Å². The molecule has 0 bridgehead atoms. The fourth-order valence-electron chi connectivity index (χ4n) is 3.24. The van der Waals surface area contributed by atoms with E-state index in [0.29, 0.717) is 29.5 Å². The van der Waals surface area contributed by atoms with Crippen LogP contribution >= 0.6 is 11.8 Å². The molecule has 0 spiro atoms. The number of hydrogen-bond donors (Lipinski definition) is 2. The summed E-state index contributed by atoms with van der Waals surface area (Å²) in [6, 6.07) is 12.9. The molecule has 1 amide bonds. The smallest absolute Gasteiger partial charge is 0.238 e. The van der Waals surface area contributed by atoms with Gasteiger partial charge in [-0.3, -0.25) is 9.36 Å². The van der Waals surface area contributed by atoms with Crippen LogP contribution in [-0.2, 0) is 21.2 Å². The normalized spacial score (nSPS) is 13.8. The zero-order valence-electron chi connectivity index (χ0n) is 17.1. The summed E-state index contributed by atoms with van der Waals surface area (Å²) < 4.78 is 38.7. The molecule has 3 aromatic rings. The lowest BCUT2D eigenvalue weighted by Gasteiger charge is -2.09. The van der Waals surface area contributed by atoms with Gasteiger partial charge in [-0.05, 0) is 49.1 Å². The molecule has 0 aliphatic heterocycles. The lowest BCUT2D eigenvalue weighted by molar-refractivity contribution is -0.118. The zero-order valence-corrected chi connectivity index (χ0v) is 18.7. The molecule has 1 fully saturated rings. The largest absolute Gasteiger partial charge is 0.355 e. The van der Waals surface area contributed by atoms with E-state index in [1.165, 1.54) is 30.0 Å². The number of nitrogens with zero attached hydrogens (tertiary/aromatic N) is 3. The van der Waals surface area contributed by atoms with Gasteiger partial charge in [0, 0.05) is 12.6 Å². The van der Waals surface area contributed by atoms with E-state index in [9.17, 15) is 17.6 Å². The van der Waals surface area contributed by atoms with Crippen LogP contribution in [0, 0.1) is 5.82 Å². The number of amides is 1. The molecule has 11 heteroatoms. The molecule has 2 aromatic carbocycles. The van der Waals surface area contributed by atoms with Crippen molar-refractivity contribution in [2.45, 2.75) is 35.4 Å². The molecule has 0 atom stereocenters. The maximum absolute atomic E-state index is 14.2. The Balaban J connectivity index is 1.32. The van der Waals surface area contributed by atoms with Crippen LogP contribution < -0.4 is 10.5 Å². The van der Waals surface area contributed by atoms with Crippen molar-refractivity contribution in [2.75, 3.05) is 12.3 Å². The average Bonchev–Trinajstić information content (AvgIpc) is 3.51. The number of sulfonamides is 1. The van der Waals surface area contributed by atoms with Crippen molar-refractivity contribution in [3.63, 3.8) is 0 Å². The van der Waals surface area contributed by atoms with Crippen LogP contribution in [0.2, 0.25) is 0 Å². The maximum atomic E-state index is 14.2. The highest BCUT2D eigenvalue weighted by molar-refractivity contribution is 7.99. The second-order valence-electron chi connectivity index (χ2n) is 7.46. The minimum absolute atomic E-state index is 0.0520. The van der Waals surface area contributed by atoms with Crippen LogP contribution in [0.4, 0.5) is 4.39 Å². The number of rotatable bonds is 9. The predicted octanol–water partition coefficient (Wildman–Crippen LogP) is 2.52. The minimum Gasteiger partial charge on any atom is -0.355 e. The van der Waals surface area contributed by atoms with E-state index in [1.54, 1.807) is 30.3 Å². The number of primary sulfonamides is 1. The van der Waals surface area contributed by atoms with E-state index in [0.717, 1.165) is 18.4 Å². The van der Waals surface area contributed by atoms with E-state index in [1.807, 2.05) is 4.57 Å². The fourth-order valence-corrected chi connectivity index (χ4v) is 4.59. The first kappa shape index (κ1) is 22.4. The van der Waals surface area contributed by atoms with Gasteiger partial charge in [-0.2, -0.15) is 0 Å². The van der Waals surface area contributed by atoms with E-state index in [2.05, 4.69) is 15.5 Å². The van der Waals surface area contributed by atoms with Gasteiger partial charge in [0.05, 0.1) is 16.2 Å². The Morgan fingerprint density at radius 3 is 2.53 bits per heavy atom. The summed E-state index contributed by atoms with van der Waals surface area (Å²) in [5.41, 5.74) is 1.28. The van der Waals surface area contributed by atoms with Crippen LogP contribution in [0.15, 0.2) is 58.6 Å². The number of benzene rings is 2. The number of nitrogens with one attached hydrogen (secondary N) is 1. The molecule has 4 rings (SSSR count). The maximum Gasteiger partial charge on any atom is 0.238 e. The van der Waals surface area contributed by atoms with Crippen molar-refractivity contribution in [3.8, 4) is 11.4 Å². The van der Waals surface area contributed by atoms with Crippen LogP contribution in [0.5, 0.6) is 0 Å². The highest BCUT2D eigenvalue weighted by Gasteiger charge is 2.31. The predicted molar refractivity (Wildman–Crippen MR) is 119 cm³/mol. The second kappa shape index (κ2) is 9.39. The summed E-state index contributed by atoms with van der Waals surface area (Å²) in [5.74, 6) is 0.130. The lowest BCUT2D eigenvalue weighted by atomic mass is 10.1. The quantitative estimate of drug-likeness (QED) is 0.459. The van der Waals surface area contributed by atoms with Gasteiger partial charge >= 0.3 is 0 Å². The highest BCUT2D eigenvalue weighted by Crippen LogP contribution is 2.41. The van der Waals surface area contributed by atoms with Gasteiger partial charge in [0.1, 0.15) is 5.82 Å². The van der Waals surface area contributed by atoms with Gasteiger partial charge in [-0.1, -0.05) is 36.0 Å². The fraction of sp³-hybridized carbons (Fsp3) is 0.286. The number of aromatic nitrogens is 3. The van der Waals surface area contributed by atoms with Crippen molar-refractivity contribution in [1.29, 1.82) is 0 Å². The van der Waals surface area contributed by atoms with Crippen molar-refractivity contribution in [1.82, 2.24) is 20.1 Å². The Morgan fingerprint density at radius 1 is 1.16 bits per heavy atom. The summed E-state index contributed by atoms with van der Waals surface area (Å²) in [6.45, 7) is 0.407. The number of carbonyl (C=O) groups excluding carboxylic acids is 1. The second-order valence-corrected chi connectivity index (χ2v) is 9.97. The first-order valence-electron chi connectivity index (χ1n) is 10.0. The van der Waals surface area contributed by atoms with Gasteiger partial charge in [0.2, 0.25) is 15.9 Å². The number of hydrogen-bond acceptors (Lipinski definition) is 6. The Morgan fingerprint density at radius 2 is 1.88 bits per heavy atom. The molecular weight excluding hydrogens is 453 g/mol. The van der Waals surface area contributed by atoms with E-state index >= 15 is 0 Å². The Bertz CT molecular complexity index is 1220. The number of thioether (sulfide) groups is 1. The molecule has 1 aromatic heterocycles. The van der Waals surface area contributed by atoms with E-state index < -0.39 is 10.0 Å². The van der Waals surface area contributed by atoms with E-state index in [4.69, 9.17) is 5.14 Å². The van der Waals surface area contributed by atoms with Crippen molar-refractivity contribution >= 4 is 27.7 Å². The Kier molecular flexibility index (Phi) is 6.58. The number of nitrogens with two attached hydrogens (primary N) is 1. The first-order valence-corrected chi connectivity index (χ1v) is 12.6. The molecule has 1 aliphatic rings. The molecule has 8 nitrogen and oxygen atoms in total. The molecule has 168 valence electrons. The summed E-state index contributed by atoms with van der Waals surface area (Å²) in [5, 5.41) is 16.9. The molecule has 1 saturated carbocycles. The Labute approximate surface area is 189 Å². The van der Waals surface area contributed by atoms with Crippen LogP contribution in [-0.4, -0.2) is 41.4 Å². The molecular formula is C21H22FN5O3S2. The SMILES string of the molecule is NS(=O)(=O)c1ccc(CCNC(=O)CSc2nnc(-c3ccccc3F)n2C2CC2)cc1. The monoisotopic (exact) mass is 475 g/mol. The molecule has 0 saturated heterocycles. The van der Waals surface area contributed by atoms with Crippen LogP contribution in [0.1, 0.15) is 24.4 Å². The molecule has 1 heterocycles. The molecule has 32 heavy (non-hydrogen) atoms. The topological polar surface area (TPSA) is 120 Å². The third-order valence-electron chi connectivity index (χ3n) is 5.01. The summed E-state index contributed by atoms with van der Waals surface area (Å²) in [7, 11) is -3.72. The third-order valence-corrected chi connectivity index (χ3v) is 6.88. The molecule has 1 aliphatic carbocycles. The summed E-state index contributed by atoms with van der Waals surface area (Å²) >= 11 is 1.27. The van der Waals surface area contributed by atoms with Crippen molar-refractivity contribution in [3.05, 3.63) is 59.9 Å². The lowest BCUT2D eigenvalue weighted by Crippen LogP contribution is -2.27. The van der Waals surface area contributed by atoms with Gasteiger partial charge < -0.3 is 5.32 Å². The molecule has 0 unspecified atom stereocenters. The average molecular weight is 476 g/mol. The van der Waals surface area contributed by atoms with Crippen molar-refractivity contribution < 1.29 is 17.6 Å². The van der Waals surface area contributed by atoms with Gasteiger partial charge in [0.25, 0.3) is 0 Å². The van der Waals surface area contributed by atoms with E-state index in [-0.39, 0.29) is 28.4 Å². The Hall–Kier alpha value is -2.76. The standard InChI is InChI=1S/C21H22FN5O3S2/c22-18-4-2-1-3-17(18)20-25-26-21(27(20)15-7-8-15)31-13-19(28)24-12-11-14-5-9-16(10-6-14)32(23,29)30/h1-6,9-10,15H,7-8,11-13H2,(H,24,28)(H2,23,29,30). The van der Waals surface area contributed by atoms with Gasteiger partial charge in [0.15, 0.2) is 11.0 Å².